The number of aromatic nitrogens is 2. The number of piperidine rings is 1. The number of hydrogen-bond acceptors (Lipinski definition) is 5. The number of nitrogens with one attached hydrogen (secondary N) is 2. The minimum absolute atomic E-state index is 0.0304. The highest BCUT2D eigenvalue weighted by atomic mass is 32.1. The molecule has 0 radical (unpaired) electrons. The predicted molar refractivity (Wildman–Crippen MR) is 110 cm³/mol. The van der Waals surface area contributed by atoms with Crippen LogP contribution in [0.1, 0.15) is 31.2 Å². The molecule has 1 fully saturated rings. The minimum atomic E-state index is -0.0425. The first-order valence-corrected chi connectivity index (χ1v) is 9.39. The molecule has 0 bridgehead atoms. The summed E-state index contributed by atoms with van der Waals surface area (Å²) in [5.41, 5.74) is 7.76. The summed E-state index contributed by atoms with van der Waals surface area (Å²) in [5.74, 6) is -0.0425. The molecule has 1 aliphatic heterocycles. The Morgan fingerprint density at radius 3 is 2.93 bits per heavy atom. The summed E-state index contributed by atoms with van der Waals surface area (Å²) in [5, 5.41) is 12.9. The van der Waals surface area contributed by atoms with Crippen molar-refractivity contribution < 1.29 is 4.79 Å². The van der Waals surface area contributed by atoms with E-state index in [0.717, 1.165) is 25.0 Å². The zero-order valence-electron chi connectivity index (χ0n) is 15.0. The lowest BCUT2D eigenvalue weighted by molar-refractivity contribution is -0.116. The van der Waals surface area contributed by atoms with Gasteiger partial charge in [0.2, 0.25) is 5.91 Å². The summed E-state index contributed by atoms with van der Waals surface area (Å²) in [6, 6.07) is 3.74. The van der Waals surface area contributed by atoms with Crippen LogP contribution in [-0.2, 0) is 4.79 Å². The number of aromatic amines is 1. The second-order valence-corrected chi connectivity index (χ2v) is 7.00. The molecule has 3 heterocycles. The molecule has 8 heteroatoms. The summed E-state index contributed by atoms with van der Waals surface area (Å²) in [4.78, 5) is 22.1. The molecule has 1 aliphatic rings. The van der Waals surface area contributed by atoms with E-state index in [4.69, 9.17) is 18.0 Å². The van der Waals surface area contributed by atoms with Crippen molar-refractivity contribution in [3.05, 3.63) is 29.6 Å². The smallest absolute Gasteiger partial charge is 0.225 e. The highest BCUT2D eigenvalue weighted by Crippen LogP contribution is 2.27. The Kier molecular flexibility index (Phi) is 6.16. The third-order valence-electron chi connectivity index (χ3n) is 4.67. The van der Waals surface area contributed by atoms with Crippen molar-refractivity contribution in [2.45, 2.75) is 25.7 Å². The van der Waals surface area contributed by atoms with Crippen molar-refractivity contribution in [2.75, 3.05) is 25.0 Å². The van der Waals surface area contributed by atoms with Gasteiger partial charge in [-0.05, 0) is 38.1 Å². The molecule has 4 N–H and O–H groups in total. The summed E-state index contributed by atoms with van der Waals surface area (Å²) in [7, 11) is 0. The van der Waals surface area contributed by atoms with Crippen LogP contribution in [0.15, 0.2) is 24.0 Å². The monoisotopic (exact) mass is 382 g/mol. The molecule has 2 aromatic heterocycles. The molecule has 0 unspecified atom stereocenters. The second-order valence-electron chi connectivity index (χ2n) is 6.56. The maximum absolute atomic E-state index is 12.4. The molecular weight excluding hydrogens is 360 g/mol. The van der Waals surface area contributed by atoms with Crippen LogP contribution in [0.5, 0.6) is 0 Å². The van der Waals surface area contributed by atoms with Gasteiger partial charge < -0.3 is 20.9 Å². The number of thiocarbonyl (C=S) groups is 1. The van der Waals surface area contributed by atoms with Crippen LogP contribution in [0.3, 0.4) is 0 Å². The van der Waals surface area contributed by atoms with E-state index in [0.29, 0.717) is 23.3 Å². The number of carbonyl (C=O) groups excluding carboxylic acids is 1. The summed E-state index contributed by atoms with van der Waals surface area (Å²) < 4.78 is 0. The average Bonchev–Trinajstić information content (AvgIpc) is 3.09. The summed E-state index contributed by atoms with van der Waals surface area (Å²) in [6.45, 7) is 2.89. The molecule has 140 valence electrons. The van der Waals surface area contributed by atoms with E-state index >= 15 is 0 Å². The van der Waals surface area contributed by atoms with Gasteiger partial charge in [-0.15, -0.1) is 0 Å². The van der Waals surface area contributed by atoms with Crippen molar-refractivity contribution in [3.63, 3.8) is 0 Å². The molecule has 3 rings (SSSR count). The molecule has 7 nitrogen and oxygen atoms in total. The summed E-state index contributed by atoms with van der Waals surface area (Å²) in [6.07, 6.45) is 9.08. The highest BCUT2D eigenvalue weighted by Gasteiger charge is 2.14. The van der Waals surface area contributed by atoms with Crippen LogP contribution in [0.25, 0.3) is 17.1 Å². The lowest BCUT2D eigenvalue weighted by Crippen LogP contribution is -2.32. The molecule has 0 spiro atoms. The third-order valence-corrected chi connectivity index (χ3v) is 4.89. The van der Waals surface area contributed by atoms with Gasteiger partial charge in [0.05, 0.1) is 11.3 Å². The number of H-pyrrole nitrogens is 1. The van der Waals surface area contributed by atoms with Crippen molar-refractivity contribution >= 4 is 45.9 Å². The zero-order valence-corrected chi connectivity index (χ0v) is 15.8. The van der Waals surface area contributed by atoms with E-state index in [1.54, 1.807) is 24.5 Å². The van der Waals surface area contributed by atoms with Crippen molar-refractivity contribution in [1.29, 1.82) is 5.26 Å². The molecule has 2 aromatic rings. The Balaban J connectivity index is 1.78. The Morgan fingerprint density at radius 1 is 1.44 bits per heavy atom. The molecule has 0 saturated carbocycles. The molecule has 1 amide bonds. The SMILES string of the molecule is N#C/C(=C/c1c[nH]c2nccc(NC(=O)CCN3CCCCC3)c12)C(N)=S. The number of amides is 1. The van der Waals surface area contributed by atoms with Gasteiger partial charge in [0.25, 0.3) is 0 Å². The fourth-order valence-electron chi connectivity index (χ4n) is 3.27. The number of nitriles is 1. The molecule has 27 heavy (non-hydrogen) atoms. The fraction of sp³-hybridized carbons (Fsp3) is 0.368. The molecule has 1 saturated heterocycles. The van der Waals surface area contributed by atoms with Crippen LogP contribution in [0.2, 0.25) is 0 Å². The van der Waals surface area contributed by atoms with Gasteiger partial charge in [-0.25, -0.2) is 4.98 Å². The standard InChI is InChI=1S/C19H22N6OS/c20-11-13(18(21)27)10-14-12-23-19-17(14)15(4-6-22-19)24-16(26)5-9-25-7-2-1-3-8-25/h4,6,10,12H,1-3,5,7-9H2,(H2,21,27)(H2,22,23,24,26)/b13-10-. The lowest BCUT2D eigenvalue weighted by Gasteiger charge is -2.25. The van der Waals surface area contributed by atoms with Crippen LogP contribution < -0.4 is 11.1 Å². The fourth-order valence-corrected chi connectivity index (χ4v) is 3.37. The van der Waals surface area contributed by atoms with Gasteiger partial charge in [0.15, 0.2) is 0 Å². The van der Waals surface area contributed by atoms with E-state index < -0.39 is 0 Å². The maximum atomic E-state index is 12.4. The predicted octanol–water partition coefficient (Wildman–Crippen LogP) is 2.57. The third kappa shape index (κ3) is 4.70. The van der Waals surface area contributed by atoms with Crippen LogP contribution in [-0.4, -0.2) is 45.4 Å². The van der Waals surface area contributed by atoms with E-state index in [2.05, 4.69) is 20.2 Å². The number of hydrogen-bond donors (Lipinski definition) is 3. The van der Waals surface area contributed by atoms with Gasteiger partial charge in [0, 0.05) is 36.3 Å². The first-order valence-electron chi connectivity index (χ1n) is 8.98. The van der Waals surface area contributed by atoms with E-state index in [9.17, 15) is 10.1 Å². The first-order chi connectivity index (χ1) is 13.1. The topological polar surface area (TPSA) is 111 Å². The molecule has 0 atom stereocenters. The minimum Gasteiger partial charge on any atom is -0.389 e. The number of nitrogens with zero attached hydrogens (tertiary/aromatic N) is 3. The molecular formula is C19H22N6OS. The van der Waals surface area contributed by atoms with Gasteiger partial charge in [-0.3, -0.25) is 4.79 Å². The quantitative estimate of drug-likeness (QED) is 0.402. The van der Waals surface area contributed by atoms with E-state index in [1.165, 1.54) is 19.3 Å². The number of anilines is 1. The second kappa shape index (κ2) is 8.75. The largest absolute Gasteiger partial charge is 0.389 e. The number of rotatable bonds is 6. The Morgan fingerprint density at radius 2 is 2.22 bits per heavy atom. The Bertz CT molecular complexity index is 920. The Hall–Kier alpha value is -2.76. The van der Waals surface area contributed by atoms with Crippen molar-refractivity contribution in [2.24, 2.45) is 5.73 Å². The Labute approximate surface area is 163 Å². The zero-order chi connectivity index (χ0) is 19.2. The van der Waals surface area contributed by atoms with E-state index in [1.807, 2.05) is 6.07 Å². The van der Waals surface area contributed by atoms with Gasteiger partial charge >= 0.3 is 0 Å². The molecule has 0 aromatic carbocycles. The molecule has 0 aliphatic carbocycles. The highest BCUT2D eigenvalue weighted by molar-refractivity contribution is 7.80. The number of likely N-dealkylation sites (tertiary alicyclic amines) is 1. The lowest BCUT2D eigenvalue weighted by atomic mass is 10.1. The van der Waals surface area contributed by atoms with Gasteiger partial charge in [0.1, 0.15) is 16.7 Å². The van der Waals surface area contributed by atoms with Crippen LogP contribution in [0.4, 0.5) is 5.69 Å². The maximum Gasteiger partial charge on any atom is 0.225 e. The number of pyridine rings is 1. The van der Waals surface area contributed by atoms with Gasteiger partial charge in [-0.2, -0.15) is 5.26 Å². The number of nitrogens with two attached hydrogens (primary N) is 1. The van der Waals surface area contributed by atoms with E-state index in [-0.39, 0.29) is 16.5 Å². The normalized spacial score (nSPS) is 15.4. The van der Waals surface area contributed by atoms with Crippen LogP contribution in [0, 0.1) is 11.3 Å². The summed E-state index contributed by atoms with van der Waals surface area (Å²) >= 11 is 4.90. The number of carbonyl (C=O) groups is 1. The average molecular weight is 382 g/mol. The first kappa shape index (κ1) is 19.0. The van der Waals surface area contributed by atoms with Gasteiger partial charge in [-0.1, -0.05) is 18.6 Å². The number of fused-ring (bicyclic) bond motifs is 1. The van der Waals surface area contributed by atoms with Crippen LogP contribution >= 0.6 is 12.2 Å². The van der Waals surface area contributed by atoms with Crippen molar-refractivity contribution in [1.82, 2.24) is 14.9 Å². The van der Waals surface area contributed by atoms with Crippen molar-refractivity contribution in [3.8, 4) is 6.07 Å².